The molecule has 84 valence electrons. The number of nitrogens with two attached hydrogens (primary N) is 2. The van der Waals surface area contributed by atoms with Crippen molar-refractivity contribution in [3.63, 3.8) is 0 Å². The highest BCUT2D eigenvalue weighted by atomic mass is 16.4. The maximum absolute atomic E-state index is 11.0. The average Bonchev–Trinajstić information content (AvgIpc) is 2.71. The largest absolute Gasteiger partial charge is 0.478 e. The van der Waals surface area contributed by atoms with Crippen LogP contribution >= 0.6 is 0 Å². The molecule has 2 rings (SSSR count). The highest BCUT2D eigenvalue weighted by Gasteiger charge is 2.14. The van der Waals surface area contributed by atoms with E-state index in [1.165, 1.54) is 0 Å². The molecule has 1 aromatic heterocycles. The third-order valence-corrected chi connectivity index (χ3v) is 2.63. The molecule has 0 saturated heterocycles. The van der Waals surface area contributed by atoms with Crippen LogP contribution in [-0.4, -0.2) is 22.6 Å². The maximum atomic E-state index is 11.0. The van der Waals surface area contributed by atoms with Gasteiger partial charge in [0.05, 0.1) is 11.1 Å². The fourth-order valence-electron chi connectivity index (χ4n) is 1.79. The maximum Gasteiger partial charge on any atom is 0.337 e. The molecule has 0 aliphatic heterocycles. The molecule has 5 nitrogen and oxygen atoms in total. The summed E-state index contributed by atoms with van der Waals surface area (Å²) >= 11 is 0. The van der Waals surface area contributed by atoms with Gasteiger partial charge in [-0.15, -0.1) is 0 Å². The number of aromatic nitrogens is 1. The van der Waals surface area contributed by atoms with Crippen molar-refractivity contribution in [3.8, 4) is 0 Å². The fraction of sp³-hybridized carbons (Fsp3) is 0.182. The molecule has 16 heavy (non-hydrogen) atoms. The number of carboxylic acid groups (broad SMARTS) is 1. The van der Waals surface area contributed by atoms with Gasteiger partial charge in [0, 0.05) is 24.2 Å². The molecule has 0 amide bonds. The second-order valence-corrected chi connectivity index (χ2v) is 3.62. The number of para-hydroxylation sites is 1. The predicted octanol–water partition coefficient (Wildman–Crippen LogP) is 0.825. The van der Waals surface area contributed by atoms with E-state index < -0.39 is 5.97 Å². The van der Waals surface area contributed by atoms with Crippen LogP contribution in [0, 0.1) is 0 Å². The lowest BCUT2D eigenvalue weighted by Gasteiger charge is -2.06. The summed E-state index contributed by atoms with van der Waals surface area (Å²) in [5.41, 5.74) is 13.0. The van der Waals surface area contributed by atoms with Gasteiger partial charge >= 0.3 is 5.97 Å². The lowest BCUT2D eigenvalue weighted by molar-refractivity contribution is 0.0699. The first kappa shape index (κ1) is 10.7. The number of carbonyl (C=O) groups is 1. The summed E-state index contributed by atoms with van der Waals surface area (Å²) in [4.78, 5) is 13.9. The number of H-pyrrole nitrogens is 1. The molecule has 0 bridgehead atoms. The van der Waals surface area contributed by atoms with Crippen molar-refractivity contribution in [3.05, 3.63) is 35.5 Å². The molecular weight excluding hydrogens is 206 g/mol. The summed E-state index contributed by atoms with van der Waals surface area (Å²) in [7, 11) is 0. The Morgan fingerprint density at radius 3 is 2.88 bits per heavy atom. The lowest BCUT2D eigenvalue weighted by atomic mass is 10.0. The summed E-state index contributed by atoms with van der Waals surface area (Å²) in [6, 6.07) is 4.81. The number of hydrogen-bond acceptors (Lipinski definition) is 3. The topological polar surface area (TPSA) is 105 Å². The van der Waals surface area contributed by atoms with Crippen molar-refractivity contribution < 1.29 is 9.90 Å². The average molecular weight is 219 g/mol. The van der Waals surface area contributed by atoms with Gasteiger partial charge in [-0.05, 0) is 11.6 Å². The first-order chi connectivity index (χ1) is 7.65. The van der Waals surface area contributed by atoms with E-state index in [0.717, 1.165) is 10.9 Å². The second-order valence-electron chi connectivity index (χ2n) is 3.62. The Hall–Kier alpha value is -1.85. The van der Waals surface area contributed by atoms with Crippen LogP contribution in [0.4, 0.5) is 0 Å². The zero-order valence-electron chi connectivity index (χ0n) is 8.60. The van der Waals surface area contributed by atoms with E-state index in [1.807, 2.05) is 6.07 Å². The Labute approximate surface area is 92.1 Å². The molecule has 0 aliphatic rings. The van der Waals surface area contributed by atoms with Crippen molar-refractivity contribution >= 4 is 16.9 Å². The predicted molar refractivity (Wildman–Crippen MR) is 61.2 cm³/mol. The first-order valence-corrected chi connectivity index (χ1v) is 4.94. The Morgan fingerprint density at radius 2 is 2.25 bits per heavy atom. The lowest BCUT2D eigenvalue weighted by Crippen LogP contribution is -2.20. The van der Waals surface area contributed by atoms with Gasteiger partial charge < -0.3 is 21.6 Å². The molecule has 0 radical (unpaired) electrons. The van der Waals surface area contributed by atoms with E-state index in [1.54, 1.807) is 18.3 Å². The van der Waals surface area contributed by atoms with Crippen molar-refractivity contribution in [2.45, 2.75) is 6.04 Å². The summed E-state index contributed by atoms with van der Waals surface area (Å²) in [5.74, 6) is -0.958. The Kier molecular flexibility index (Phi) is 2.64. The van der Waals surface area contributed by atoms with Gasteiger partial charge in [-0.2, -0.15) is 0 Å². The third-order valence-electron chi connectivity index (χ3n) is 2.63. The minimum atomic E-state index is -0.958. The Morgan fingerprint density at radius 1 is 1.50 bits per heavy atom. The number of aromatic amines is 1. The molecular formula is C11H13N3O2. The molecule has 5 heteroatoms. The van der Waals surface area contributed by atoms with Gasteiger partial charge in [-0.1, -0.05) is 12.1 Å². The van der Waals surface area contributed by atoms with Crippen LogP contribution in [0.25, 0.3) is 10.9 Å². The summed E-state index contributed by atoms with van der Waals surface area (Å²) in [6.07, 6.45) is 1.72. The molecule has 2 aromatic rings. The molecule has 1 aromatic carbocycles. The number of hydrogen-bond donors (Lipinski definition) is 4. The Balaban J connectivity index is 2.66. The van der Waals surface area contributed by atoms with E-state index >= 15 is 0 Å². The number of aromatic carboxylic acids is 1. The molecule has 0 spiro atoms. The van der Waals surface area contributed by atoms with Crippen LogP contribution in [0.1, 0.15) is 22.0 Å². The Bertz CT molecular complexity index is 533. The quantitative estimate of drug-likeness (QED) is 0.613. The molecule has 0 aliphatic carbocycles. The third kappa shape index (κ3) is 1.56. The van der Waals surface area contributed by atoms with E-state index in [2.05, 4.69) is 4.98 Å². The molecule has 1 atom stereocenters. The number of fused-ring (bicyclic) bond motifs is 1. The van der Waals surface area contributed by atoms with Crippen molar-refractivity contribution in [1.82, 2.24) is 4.98 Å². The molecule has 1 heterocycles. The van der Waals surface area contributed by atoms with Gasteiger partial charge in [0.15, 0.2) is 0 Å². The van der Waals surface area contributed by atoms with E-state index in [4.69, 9.17) is 16.6 Å². The first-order valence-electron chi connectivity index (χ1n) is 4.94. The van der Waals surface area contributed by atoms with Crippen LogP contribution in [0.3, 0.4) is 0 Å². The van der Waals surface area contributed by atoms with Crippen LogP contribution in [0.2, 0.25) is 0 Å². The zero-order chi connectivity index (χ0) is 11.7. The van der Waals surface area contributed by atoms with Gasteiger partial charge in [-0.3, -0.25) is 0 Å². The van der Waals surface area contributed by atoms with Gasteiger partial charge in [-0.25, -0.2) is 4.79 Å². The number of benzene rings is 1. The number of nitrogens with one attached hydrogen (secondary N) is 1. The van der Waals surface area contributed by atoms with E-state index in [0.29, 0.717) is 12.1 Å². The van der Waals surface area contributed by atoms with Crippen LogP contribution in [0.15, 0.2) is 24.4 Å². The fourth-order valence-corrected chi connectivity index (χ4v) is 1.79. The van der Waals surface area contributed by atoms with Crippen molar-refractivity contribution in [1.29, 1.82) is 0 Å². The molecule has 0 unspecified atom stereocenters. The van der Waals surface area contributed by atoms with E-state index in [9.17, 15) is 4.79 Å². The van der Waals surface area contributed by atoms with Gasteiger partial charge in [0.25, 0.3) is 0 Å². The molecule has 0 saturated carbocycles. The van der Waals surface area contributed by atoms with Crippen LogP contribution in [-0.2, 0) is 0 Å². The number of carboxylic acids is 1. The summed E-state index contributed by atoms with van der Waals surface area (Å²) in [6.45, 7) is 0.324. The van der Waals surface area contributed by atoms with Crippen LogP contribution in [0.5, 0.6) is 0 Å². The second kappa shape index (κ2) is 3.96. The molecule has 0 fully saturated rings. The normalized spacial score (nSPS) is 12.9. The smallest absolute Gasteiger partial charge is 0.337 e. The summed E-state index contributed by atoms with van der Waals surface area (Å²) < 4.78 is 0. The van der Waals surface area contributed by atoms with E-state index in [-0.39, 0.29) is 11.6 Å². The standard InChI is InChI=1S/C11H13N3O2/c12-4-9(13)8-5-14-10-6(8)2-1-3-7(10)11(15)16/h1-3,5,9,14H,4,12-13H2,(H,15,16)/t9-/m1/s1. The highest BCUT2D eigenvalue weighted by molar-refractivity contribution is 6.03. The van der Waals surface area contributed by atoms with Crippen molar-refractivity contribution in [2.75, 3.05) is 6.54 Å². The zero-order valence-corrected chi connectivity index (χ0v) is 8.60. The number of rotatable bonds is 3. The monoisotopic (exact) mass is 219 g/mol. The molecule has 6 N–H and O–H groups in total. The summed E-state index contributed by atoms with van der Waals surface area (Å²) in [5, 5.41) is 9.83. The minimum absolute atomic E-state index is 0.243. The highest BCUT2D eigenvalue weighted by Crippen LogP contribution is 2.25. The van der Waals surface area contributed by atoms with Gasteiger partial charge in [0.1, 0.15) is 0 Å². The van der Waals surface area contributed by atoms with Crippen molar-refractivity contribution in [2.24, 2.45) is 11.5 Å². The minimum Gasteiger partial charge on any atom is -0.478 e. The van der Waals surface area contributed by atoms with Gasteiger partial charge in [0.2, 0.25) is 0 Å². The SMILES string of the molecule is NC[C@@H](N)c1c[nH]c2c(C(=O)O)cccc12. The van der Waals surface area contributed by atoms with Crippen LogP contribution < -0.4 is 11.5 Å².